The molecule has 4 rings (SSSR count). The molecule has 148 valence electrons. The maximum absolute atomic E-state index is 11.3. The first-order chi connectivity index (χ1) is 13.6. The third-order valence-electron chi connectivity index (χ3n) is 4.30. The lowest BCUT2D eigenvalue weighted by molar-refractivity contribution is 0.180. The summed E-state index contributed by atoms with van der Waals surface area (Å²) >= 11 is 3.38. The first kappa shape index (κ1) is 20.2. The summed E-state index contributed by atoms with van der Waals surface area (Å²) in [7, 11) is 0. The average molecular weight is 449 g/mol. The summed E-state index contributed by atoms with van der Waals surface area (Å²) in [4.78, 5) is 25.7. The van der Waals surface area contributed by atoms with Crippen LogP contribution in [0.25, 0.3) is 0 Å². The van der Waals surface area contributed by atoms with Crippen molar-refractivity contribution in [3.8, 4) is 0 Å². The molecule has 1 N–H and O–H groups in total. The smallest absolute Gasteiger partial charge is 0.414 e. The van der Waals surface area contributed by atoms with E-state index in [4.69, 9.17) is 14.6 Å². The van der Waals surface area contributed by atoms with Crippen molar-refractivity contribution in [2.45, 2.75) is 11.9 Å². The van der Waals surface area contributed by atoms with E-state index in [0.29, 0.717) is 26.3 Å². The van der Waals surface area contributed by atoms with Crippen LogP contribution >= 0.6 is 15.9 Å². The first-order valence-corrected chi connectivity index (χ1v) is 9.98. The molecule has 2 aliphatic rings. The predicted molar refractivity (Wildman–Crippen MR) is 109 cm³/mol. The number of nitrogens with zero attached hydrogens (tertiary/aromatic N) is 2. The number of hydrogen-bond donors (Lipinski definition) is 1. The molecule has 0 aliphatic carbocycles. The Balaban J connectivity index is 0.000000161. The number of hydrogen-bond acceptors (Lipinski definition) is 5. The molecule has 2 heterocycles. The van der Waals surface area contributed by atoms with Gasteiger partial charge in [0.05, 0.1) is 19.7 Å². The molecule has 28 heavy (non-hydrogen) atoms. The highest BCUT2D eigenvalue weighted by Gasteiger charge is 2.24. The number of aliphatic hydroxyl groups excluding tert-OH is 1. The molecule has 0 radical (unpaired) electrons. The van der Waals surface area contributed by atoms with E-state index in [-0.39, 0.29) is 18.8 Å². The molecule has 0 unspecified atom stereocenters. The van der Waals surface area contributed by atoms with Gasteiger partial charge in [0.25, 0.3) is 0 Å². The van der Waals surface area contributed by atoms with Crippen molar-refractivity contribution in [1.82, 2.24) is 0 Å². The Labute approximate surface area is 171 Å². The van der Waals surface area contributed by atoms with E-state index in [1.165, 1.54) is 0 Å². The van der Waals surface area contributed by atoms with Gasteiger partial charge in [0.1, 0.15) is 13.2 Å². The predicted octanol–water partition coefficient (Wildman–Crippen LogP) is 3.67. The Bertz CT molecular complexity index is 775. The number of anilines is 2. The number of carbonyl (C=O) groups is 2. The molecule has 2 aromatic carbocycles. The molecule has 0 saturated carbocycles. The lowest BCUT2D eigenvalue weighted by atomic mass is 10.2. The van der Waals surface area contributed by atoms with Gasteiger partial charge in [-0.2, -0.15) is 0 Å². The monoisotopic (exact) mass is 448 g/mol. The quantitative estimate of drug-likeness (QED) is 0.721. The normalized spacial score (nSPS) is 15.8. The molecular formula is C20H21BrN2O5. The molecule has 2 fully saturated rings. The zero-order chi connectivity index (χ0) is 19.9. The summed E-state index contributed by atoms with van der Waals surface area (Å²) in [6, 6.07) is 15.1. The molecule has 0 bridgehead atoms. The highest BCUT2D eigenvalue weighted by Crippen LogP contribution is 2.21. The van der Waals surface area contributed by atoms with Crippen molar-refractivity contribution in [1.29, 1.82) is 0 Å². The minimum absolute atomic E-state index is 0.0171. The van der Waals surface area contributed by atoms with Crippen LogP contribution < -0.4 is 9.80 Å². The van der Waals surface area contributed by atoms with Crippen LogP contribution in [0.2, 0.25) is 0 Å². The maximum Gasteiger partial charge on any atom is 0.414 e. The van der Waals surface area contributed by atoms with Crippen LogP contribution in [-0.4, -0.2) is 43.6 Å². The van der Waals surface area contributed by atoms with Crippen molar-refractivity contribution in [3.63, 3.8) is 0 Å². The number of carbonyl (C=O) groups excluding carboxylic acids is 2. The zero-order valence-corrected chi connectivity index (χ0v) is 16.8. The van der Waals surface area contributed by atoms with Gasteiger partial charge < -0.3 is 14.6 Å². The molecule has 2 aliphatic heterocycles. The largest absolute Gasteiger partial charge is 0.447 e. The number of halogens is 1. The highest BCUT2D eigenvalue weighted by atomic mass is 79.9. The van der Waals surface area contributed by atoms with Gasteiger partial charge in [-0.15, -0.1) is 0 Å². The average Bonchev–Trinajstić information content (AvgIpc) is 3.36. The van der Waals surface area contributed by atoms with Crippen LogP contribution in [0.3, 0.4) is 0 Å². The van der Waals surface area contributed by atoms with E-state index in [2.05, 4.69) is 15.9 Å². The summed E-state index contributed by atoms with van der Waals surface area (Å²) in [6.07, 6.45) is -0.572. The van der Waals surface area contributed by atoms with Crippen molar-refractivity contribution in [3.05, 3.63) is 59.7 Å². The summed E-state index contributed by atoms with van der Waals surface area (Å²) in [5, 5.41) is 9.73. The van der Waals surface area contributed by atoms with Gasteiger partial charge >= 0.3 is 12.2 Å². The van der Waals surface area contributed by atoms with Gasteiger partial charge in [0, 0.05) is 16.7 Å². The molecule has 2 saturated heterocycles. The standard InChI is InChI=1S/C10H10BrNO2.C10H11NO3/c11-7-8-2-1-3-9(6-8)12-4-5-14-10(12)13;12-7-8-2-1-3-9(6-8)11-4-5-14-10(11)13/h1-3,6H,4-5,7H2;1-3,6,12H,4-5,7H2. The van der Waals surface area contributed by atoms with Crippen LogP contribution in [-0.2, 0) is 21.4 Å². The van der Waals surface area contributed by atoms with Crippen LogP contribution in [0.1, 0.15) is 11.1 Å². The summed E-state index contributed by atoms with van der Waals surface area (Å²) in [5.41, 5.74) is 3.63. The topological polar surface area (TPSA) is 79.3 Å². The third kappa shape index (κ3) is 4.82. The lowest BCUT2D eigenvalue weighted by Gasteiger charge is -2.12. The summed E-state index contributed by atoms with van der Waals surface area (Å²) < 4.78 is 9.69. The number of alkyl halides is 1. The third-order valence-corrected chi connectivity index (χ3v) is 4.95. The zero-order valence-electron chi connectivity index (χ0n) is 15.2. The van der Waals surface area contributed by atoms with Crippen molar-refractivity contribution in [2.75, 3.05) is 36.1 Å². The van der Waals surface area contributed by atoms with Crippen LogP contribution in [0, 0.1) is 0 Å². The fraction of sp³-hybridized carbons (Fsp3) is 0.300. The van der Waals surface area contributed by atoms with E-state index in [0.717, 1.165) is 27.8 Å². The number of cyclic esters (lactones) is 2. The van der Waals surface area contributed by atoms with Crippen LogP contribution in [0.15, 0.2) is 48.5 Å². The van der Waals surface area contributed by atoms with E-state index < -0.39 is 0 Å². The summed E-state index contributed by atoms with van der Waals surface area (Å²) in [5.74, 6) is 0. The van der Waals surface area contributed by atoms with Crippen molar-refractivity contribution < 1.29 is 24.2 Å². The number of rotatable bonds is 4. The molecule has 0 aromatic heterocycles. The van der Waals surface area contributed by atoms with Crippen molar-refractivity contribution >= 4 is 39.5 Å². The lowest BCUT2D eigenvalue weighted by Crippen LogP contribution is -2.23. The number of amides is 2. The van der Waals surface area contributed by atoms with E-state index in [9.17, 15) is 9.59 Å². The second-order valence-electron chi connectivity index (χ2n) is 6.16. The van der Waals surface area contributed by atoms with Gasteiger partial charge in [-0.3, -0.25) is 9.80 Å². The van der Waals surface area contributed by atoms with Gasteiger partial charge in [0.15, 0.2) is 0 Å². The highest BCUT2D eigenvalue weighted by molar-refractivity contribution is 9.08. The minimum Gasteiger partial charge on any atom is -0.447 e. The SMILES string of the molecule is O=C1OCCN1c1cccc(CBr)c1.O=C1OCCN1c1cccc(CO)c1. The molecular weight excluding hydrogens is 428 g/mol. The fourth-order valence-electron chi connectivity index (χ4n) is 2.89. The molecule has 7 nitrogen and oxygen atoms in total. The van der Waals surface area contributed by atoms with Crippen LogP contribution in [0.5, 0.6) is 0 Å². The van der Waals surface area contributed by atoms with Gasteiger partial charge in [-0.25, -0.2) is 9.59 Å². The maximum atomic E-state index is 11.3. The minimum atomic E-state index is -0.319. The number of ether oxygens (including phenoxy) is 2. The van der Waals surface area contributed by atoms with E-state index >= 15 is 0 Å². The molecule has 8 heteroatoms. The first-order valence-electron chi connectivity index (χ1n) is 8.85. The van der Waals surface area contributed by atoms with E-state index in [1.54, 1.807) is 15.9 Å². The number of aliphatic hydroxyl groups is 1. The second kappa shape index (κ2) is 9.57. The summed E-state index contributed by atoms with van der Waals surface area (Å²) in [6.45, 7) is 2.12. The van der Waals surface area contributed by atoms with Gasteiger partial charge in [-0.1, -0.05) is 40.2 Å². The fourth-order valence-corrected chi connectivity index (χ4v) is 3.23. The Morgan fingerprint density at radius 2 is 1.36 bits per heavy atom. The van der Waals surface area contributed by atoms with Crippen LogP contribution in [0.4, 0.5) is 21.0 Å². The van der Waals surface area contributed by atoms with Gasteiger partial charge in [0.2, 0.25) is 0 Å². The molecule has 0 atom stereocenters. The Hall–Kier alpha value is -2.58. The molecule has 2 aromatic rings. The second-order valence-corrected chi connectivity index (χ2v) is 6.72. The van der Waals surface area contributed by atoms with Gasteiger partial charge in [-0.05, 0) is 35.4 Å². The Morgan fingerprint density at radius 3 is 1.79 bits per heavy atom. The molecule has 2 amide bonds. The molecule has 0 spiro atoms. The number of benzene rings is 2. The Morgan fingerprint density at radius 1 is 0.857 bits per heavy atom. The Kier molecular flexibility index (Phi) is 6.89. The van der Waals surface area contributed by atoms with E-state index in [1.807, 2.05) is 42.5 Å². The van der Waals surface area contributed by atoms with Crippen molar-refractivity contribution in [2.24, 2.45) is 0 Å².